The number of nitrogens with zero attached hydrogens (tertiary/aromatic N) is 2. The van der Waals surface area contributed by atoms with Crippen LogP contribution in [0.3, 0.4) is 0 Å². The fraction of sp³-hybridized carbons (Fsp3) is 0.0952. The molecule has 3 N–H and O–H groups in total. The number of H-pyrrole nitrogens is 1. The number of fused-ring (bicyclic) bond motifs is 1. The van der Waals surface area contributed by atoms with Gasteiger partial charge in [0.15, 0.2) is 0 Å². The predicted octanol–water partition coefficient (Wildman–Crippen LogP) is 5.47. The SMILES string of the molecule is CNC(=O)c1cc(Oc2ccc3nc(Nc4ccc(SC(F)(F)F)cc4)[nH]c3c2)ccn1. The molecule has 0 saturated heterocycles. The smallest absolute Gasteiger partial charge is 0.446 e. The van der Waals surface area contributed by atoms with Crippen molar-refractivity contribution in [1.29, 1.82) is 0 Å². The molecule has 2 aromatic carbocycles. The average molecular weight is 459 g/mol. The fourth-order valence-electron chi connectivity index (χ4n) is 2.85. The largest absolute Gasteiger partial charge is 0.457 e. The van der Waals surface area contributed by atoms with Crippen molar-refractivity contribution in [2.24, 2.45) is 0 Å². The number of ether oxygens (including phenoxy) is 1. The Hall–Kier alpha value is -3.73. The van der Waals surface area contributed by atoms with Gasteiger partial charge >= 0.3 is 5.51 Å². The molecule has 0 aliphatic heterocycles. The number of carbonyl (C=O) groups excluding carboxylic acids is 1. The van der Waals surface area contributed by atoms with Gasteiger partial charge in [-0.25, -0.2) is 4.98 Å². The van der Waals surface area contributed by atoms with Gasteiger partial charge in [-0.3, -0.25) is 9.78 Å². The summed E-state index contributed by atoms with van der Waals surface area (Å²) in [5, 5.41) is 5.53. The number of aromatic nitrogens is 3. The van der Waals surface area contributed by atoms with Gasteiger partial charge in [0.05, 0.1) is 11.0 Å². The van der Waals surface area contributed by atoms with Gasteiger partial charge in [0.1, 0.15) is 17.2 Å². The Morgan fingerprint density at radius 1 is 1.06 bits per heavy atom. The average Bonchev–Trinajstić information content (AvgIpc) is 3.15. The molecule has 4 rings (SSSR count). The molecule has 0 spiro atoms. The third-order valence-electron chi connectivity index (χ3n) is 4.23. The van der Waals surface area contributed by atoms with Crippen molar-refractivity contribution < 1.29 is 22.7 Å². The molecule has 2 heterocycles. The summed E-state index contributed by atoms with van der Waals surface area (Å²) in [6, 6.07) is 14.3. The zero-order valence-corrected chi connectivity index (χ0v) is 17.3. The van der Waals surface area contributed by atoms with E-state index in [1.54, 1.807) is 36.4 Å². The molecule has 164 valence electrons. The van der Waals surface area contributed by atoms with Crippen molar-refractivity contribution in [2.75, 3.05) is 12.4 Å². The van der Waals surface area contributed by atoms with E-state index in [-0.39, 0.29) is 28.3 Å². The number of alkyl halides is 3. The Morgan fingerprint density at radius 2 is 1.81 bits per heavy atom. The van der Waals surface area contributed by atoms with Gasteiger partial charge in [-0.2, -0.15) is 13.2 Å². The van der Waals surface area contributed by atoms with E-state index in [9.17, 15) is 18.0 Å². The maximum absolute atomic E-state index is 12.4. The molecule has 0 aliphatic rings. The maximum Gasteiger partial charge on any atom is 0.446 e. The second-order valence-electron chi connectivity index (χ2n) is 6.52. The molecule has 0 atom stereocenters. The molecule has 0 saturated carbocycles. The lowest BCUT2D eigenvalue weighted by atomic mass is 10.3. The Kier molecular flexibility index (Phi) is 5.91. The van der Waals surface area contributed by atoms with Gasteiger partial charge in [0.25, 0.3) is 5.91 Å². The molecular formula is C21H16F3N5O2S. The van der Waals surface area contributed by atoms with Crippen molar-refractivity contribution in [3.05, 3.63) is 66.5 Å². The second kappa shape index (κ2) is 8.79. The summed E-state index contributed by atoms with van der Waals surface area (Å²) in [7, 11) is 1.52. The van der Waals surface area contributed by atoms with Crippen LogP contribution in [0.1, 0.15) is 10.5 Å². The molecule has 2 aromatic heterocycles. The van der Waals surface area contributed by atoms with Gasteiger partial charge < -0.3 is 20.4 Å². The van der Waals surface area contributed by atoms with Gasteiger partial charge in [-0.05, 0) is 54.2 Å². The number of carbonyl (C=O) groups is 1. The molecule has 0 bridgehead atoms. The number of amides is 1. The maximum atomic E-state index is 12.4. The third kappa shape index (κ3) is 5.30. The molecule has 0 aliphatic carbocycles. The monoisotopic (exact) mass is 459 g/mol. The fourth-order valence-corrected chi connectivity index (χ4v) is 3.39. The first-order valence-corrected chi connectivity index (χ1v) is 10.1. The van der Waals surface area contributed by atoms with E-state index in [0.29, 0.717) is 34.2 Å². The van der Waals surface area contributed by atoms with Crippen LogP contribution in [-0.2, 0) is 0 Å². The minimum absolute atomic E-state index is 0.102. The van der Waals surface area contributed by atoms with Crippen LogP contribution in [0.25, 0.3) is 11.0 Å². The number of imidazole rings is 1. The van der Waals surface area contributed by atoms with Gasteiger partial charge in [-0.1, -0.05) is 0 Å². The number of thioether (sulfide) groups is 1. The number of pyridine rings is 1. The Bertz CT molecular complexity index is 1260. The number of hydrogen-bond donors (Lipinski definition) is 3. The highest BCUT2D eigenvalue weighted by Crippen LogP contribution is 2.37. The van der Waals surface area contributed by atoms with E-state index >= 15 is 0 Å². The van der Waals surface area contributed by atoms with Crippen LogP contribution in [0.5, 0.6) is 11.5 Å². The molecular weight excluding hydrogens is 443 g/mol. The Balaban J connectivity index is 1.48. The molecule has 0 fully saturated rings. The van der Waals surface area contributed by atoms with Gasteiger partial charge in [0, 0.05) is 36.0 Å². The van der Waals surface area contributed by atoms with Crippen LogP contribution in [-0.4, -0.2) is 33.4 Å². The lowest BCUT2D eigenvalue weighted by Gasteiger charge is -2.07. The molecule has 11 heteroatoms. The summed E-state index contributed by atoms with van der Waals surface area (Å²) in [5.74, 6) is 1.09. The zero-order chi connectivity index (χ0) is 22.7. The van der Waals surface area contributed by atoms with Crippen molar-refractivity contribution in [3.63, 3.8) is 0 Å². The topological polar surface area (TPSA) is 91.9 Å². The summed E-state index contributed by atoms with van der Waals surface area (Å²) >= 11 is -0.166. The van der Waals surface area contributed by atoms with Crippen molar-refractivity contribution in [2.45, 2.75) is 10.4 Å². The quantitative estimate of drug-likeness (QED) is 0.332. The standard InChI is InChI=1S/C21H16F3N5O2S/c1-25-19(30)18-11-14(8-9-26-18)31-13-4-7-16-17(10-13)29-20(28-16)27-12-2-5-15(6-3-12)32-21(22,23)24/h2-11H,1H3,(H,25,30)(H2,27,28,29). The van der Waals surface area contributed by atoms with Crippen molar-refractivity contribution in [1.82, 2.24) is 20.3 Å². The lowest BCUT2D eigenvalue weighted by molar-refractivity contribution is -0.0328. The summed E-state index contributed by atoms with van der Waals surface area (Å²) in [4.78, 5) is 23.3. The summed E-state index contributed by atoms with van der Waals surface area (Å²) in [6.45, 7) is 0. The number of halogens is 3. The van der Waals surface area contributed by atoms with E-state index in [1.165, 1.54) is 31.4 Å². The first kappa shape index (κ1) is 21.5. The van der Waals surface area contributed by atoms with E-state index in [1.807, 2.05) is 0 Å². The molecule has 0 radical (unpaired) electrons. The summed E-state index contributed by atoms with van der Waals surface area (Å²) in [6.07, 6.45) is 1.48. The van der Waals surface area contributed by atoms with E-state index in [4.69, 9.17) is 4.74 Å². The van der Waals surface area contributed by atoms with Crippen LogP contribution < -0.4 is 15.4 Å². The number of nitrogens with one attached hydrogen (secondary N) is 3. The molecule has 0 unspecified atom stereocenters. The van der Waals surface area contributed by atoms with E-state index < -0.39 is 5.51 Å². The van der Waals surface area contributed by atoms with Gasteiger partial charge in [0.2, 0.25) is 5.95 Å². The van der Waals surface area contributed by atoms with Crippen molar-refractivity contribution >= 4 is 40.3 Å². The Labute approximate surface area is 184 Å². The number of aromatic amines is 1. The highest BCUT2D eigenvalue weighted by molar-refractivity contribution is 8.00. The predicted molar refractivity (Wildman–Crippen MR) is 115 cm³/mol. The molecule has 32 heavy (non-hydrogen) atoms. The summed E-state index contributed by atoms with van der Waals surface area (Å²) < 4.78 is 43.2. The minimum atomic E-state index is -4.33. The number of benzene rings is 2. The minimum Gasteiger partial charge on any atom is -0.457 e. The van der Waals surface area contributed by atoms with E-state index in [2.05, 4.69) is 25.6 Å². The van der Waals surface area contributed by atoms with Crippen LogP contribution in [0.4, 0.5) is 24.8 Å². The number of rotatable bonds is 6. The van der Waals surface area contributed by atoms with Crippen LogP contribution in [0.2, 0.25) is 0 Å². The highest BCUT2D eigenvalue weighted by atomic mass is 32.2. The second-order valence-corrected chi connectivity index (χ2v) is 7.66. The van der Waals surface area contributed by atoms with Crippen LogP contribution in [0, 0.1) is 0 Å². The van der Waals surface area contributed by atoms with Crippen molar-refractivity contribution in [3.8, 4) is 11.5 Å². The number of hydrogen-bond acceptors (Lipinski definition) is 6. The molecule has 4 aromatic rings. The zero-order valence-electron chi connectivity index (χ0n) is 16.5. The molecule has 7 nitrogen and oxygen atoms in total. The third-order valence-corrected chi connectivity index (χ3v) is 4.97. The first-order chi connectivity index (χ1) is 15.3. The van der Waals surface area contributed by atoms with Gasteiger partial charge in [-0.15, -0.1) is 0 Å². The lowest BCUT2D eigenvalue weighted by Crippen LogP contribution is -2.18. The highest BCUT2D eigenvalue weighted by Gasteiger charge is 2.29. The first-order valence-electron chi connectivity index (χ1n) is 9.28. The van der Waals surface area contributed by atoms with E-state index in [0.717, 1.165) is 0 Å². The Morgan fingerprint density at radius 3 is 2.53 bits per heavy atom. The normalized spacial score (nSPS) is 11.4. The molecule has 1 amide bonds. The number of anilines is 2. The van der Waals surface area contributed by atoms with Crippen LogP contribution >= 0.6 is 11.8 Å². The summed E-state index contributed by atoms with van der Waals surface area (Å²) in [5.41, 5.74) is -2.14. The van der Waals surface area contributed by atoms with Crippen LogP contribution in [0.15, 0.2) is 65.7 Å².